The lowest BCUT2D eigenvalue weighted by Gasteiger charge is -2.24. The van der Waals surface area contributed by atoms with E-state index in [-0.39, 0.29) is 0 Å². The number of benzene rings is 1. The van der Waals surface area contributed by atoms with E-state index in [1.165, 1.54) is 5.56 Å². The Morgan fingerprint density at radius 3 is 2.89 bits per heavy atom. The minimum Gasteiger partial charge on any atom is -0.490 e. The highest BCUT2D eigenvalue weighted by molar-refractivity contribution is 5.85. The zero-order valence-electron chi connectivity index (χ0n) is 10.6. The third-order valence-corrected chi connectivity index (χ3v) is 3.44. The standard InChI is InChI=1S/C15H18N2O/c1-11-2-3-14-13(10-11)15(6-9-17-14)18-12-4-7-16-8-5-12/h2-3,6,9-10,12,16H,4-5,7-8H2,1H3. The Morgan fingerprint density at radius 2 is 2.06 bits per heavy atom. The minimum atomic E-state index is 0.331. The van der Waals surface area contributed by atoms with Crippen molar-refractivity contribution in [2.45, 2.75) is 25.9 Å². The molecule has 0 saturated carbocycles. The molecule has 1 N–H and O–H groups in total. The predicted molar refractivity (Wildman–Crippen MR) is 73.0 cm³/mol. The summed E-state index contributed by atoms with van der Waals surface area (Å²) in [4.78, 5) is 4.38. The van der Waals surface area contributed by atoms with E-state index in [4.69, 9.17) is 4.74 Å². The topological polar surface area (TPSA) is 34.1 Å². The molecular formula is C15H18N2O. The molecule has 1 aromatic heterocycles. The third-order valence-electron chi connectivity index (χ3n) is 3.44. The van der Waals surface area contributed by atoms with Crippen molar-refractivity contribution in [1.82, 2.24) is 10.3 Å². The smallest absolute Gasteiger partial charge is 0.130 e. The molecule has 94 valence electrons. The Bertz CT molecular complexity index is 547. The van der Waals surface area contributed by atoms with E-state index >= 15 is 0 Å². The van der Waals surface area contributed by atoms with Crippen molar-refractivity contribution in [2.75, 3.05) is 13.1 Å². The molecule has 1 aliphatic rings. The molecule has 0 spiro atoms. The molecule has 18 heavy (non-hydrogen) atoms. The highest BCUT2D eigenvalue weighted by Crippen LogP contribution is 2.26. The second-order valence-corrected chi connectivity index (χ2v) is 4.90. The van der Waals surface area contributed by atoms with Crippen molar-refractivity contribution in [2.24, 2.45) is 0 Å². The summed E-state index contributed by atoms with van der Waals surface area (Å²) in [5.41, 5.74) is 2.25. The van der Waals surface area contributed by atoms with Crippen molar-refractivity contribution >= 4 is 10.9 Å². The average Bonchev–Trinajstić information content (AvgIpc) is 2.41. The van der Waals surface area contributed by atoms with Crippen molar-refractivity contribution in [1.29, 1.82) is 0 Å². The number of rotatable bonds is 2. The van der Waals surface area contributed by atoms with Crippen LogP contribution >= 0.6 is 0 Å². The Kier molecular flexibility index (Phi) is 3.15. The van der Waals surface area contributed by atoms with Crippen molar-refractivity contribution in [3.05, 3.63) is 36.0 Å². The van der Waals surface area contributed by atoms with Crippen LogP contribution in [0.4, 0.5) is 0 Å². The van der Waals surface area contributed by atoms with Gasteiger partial charge in [0, 0.05) is 11.6 Å². The van der Waals surface area contributed by atoms with Crippen LogP contribution in [0.3, 0.4) is 0 Å². The lowest BCUT2D eigenvalue weighted by Crippen LogP contribution is -2.34. The van der Waals surface area contributed by atoms with Crippen LogP contribution < -0.4 is 10.1 Å². The monoisotopic (exact) mass is 242 g/mol. The number of aromatic nitrogens is 1. The van der Waals surface area contributed by atoms with Crippen molar-refractivity contribution < 1.29 is 4.74 Å². The molecule has 1 fully saturated rings. The maximum absolute atomic E-state index is 6.14. The second-order valence-electron chi connectivity index (χ2n) is 4.90. The Labute approximate surface area is 107 Å². The van der Waals surface area contributed by atoms with Gasteiger partial charge in [-0.05, 0) is 51.1 Å². The van der Waals surface area contributed by atoms with E-state index in [2.05, 4.69) is 35.4 Å². The van der Waals surface area contributed by atoms with E-state index in [9.17, 15) is 0 Å². The number of pyridine rings is 1. The van der Waals surface area contributed by atoms with Crippen molar-refractivity contribution in [3.8, 4) is 5.75 Å². The van der Waals surface area contributed by atoms with Gasteiger partial charge in [0.1, 0.15) is 11.9 Å². The van der Waals surface area contributed by atoms with Crippen LogP contribution in [0.5, 0.6) is 5.75 Å². The van der Waals surface area contributed by atoms with E-state index in [0.29, 0.717) is 6.10 Å². The van der Waals surface area contributed by atoms with Gasteiger partial charge in [0.15, 0.2) is 0 Å². The number of nitrogens with zero attached hydrogens (tertiary/aromatic N) is 1. The van der Waals surface area contributed by atoms with Gasteiger partial charge in [-0.2, -0.15) is 0 Å². The number of fused-ring (bicyclic) bond motifs is 1. The Morgan fingerprint density at radius 1 is 1.22 bits per heavy atom. The zero-order chi connectivity index (χ0) is 12.4. The highest BCUT2D eigenvalue weighted by atomic mass is 16.5. The molecule has 0 unspecified atom stereocenters. The van der Waals surface area contributed by atoms with Gasteiger partial charge in [-0.3, -0.25) is 4.98 Å². The first-order valence-electron chi connectivity index (χ1n) is 6.56. The third kappa shape index (κ3) is 2.31. The molecule has 0 amide bonds. The van der Waals surface area contributed by atoms with Crippen molar-refractivity contribution in [3.63, 3.8) is 0 Å². The fourth-order valence-corrected chi connectivity index (χ4v) is 2.43. The van der Waals surface area contributed by atoms with Crippen LogP contribution in [0.15, 0.2) is 30.5 Å². The molecule has 0 bridgehead atoms. The van der Waals surface area contributed by atoms with Crippen LogP contribution in [0, 0.1) is 6.92 Å². The maximum Gasteiger partial charge on any atom is 0.130 e. The van der Waals surface area contributed by atoms with Crippen LogP contribution in [-0.4, -0.2) is 24.2 Å². The van der Waals surface area contributed by atoms with Crippen LogP contribution in [-0.2, 0) is 0 Å². The van der Waals surface area contributed by atoms with Crippen LogP contribution in [0.2, 0.25) is 0 Å². The van der Waals surface area contributed by atoms with E-state index in [1.807, 2.05) is 12.3 Å². The highest BCUT2D eigenvalue weighted by Gasteiger charge is 2.15. The molecule has 3 heteroatoms. The summed E-state index contributed by atoms with van der Waals surface area (Å²) in [5, 5.41) is 4.48. The largest absolute Gasteiger partial charge is 0.490 e. The summed E-state index contributed by atoms with van der Waals surface area (Å²) in [6.07, 6.45) is 4.32. The van der Waals surface area contributed by atoms with Gasteiger partial charge in [-0.1, -0.05) is 11.6 Å². The fourth-order valence-electron chi connectivity index (χ4n) is 2.43. The average molecular weight is 242 g/mol. The first-order valence-corrected chi connectivity index (χ1v) is 6.56. The van der Waals surface area contributed by atoms with Gasteiger partial charge in [0.25, 0.3) is 0 Å². The van der Waals surface area contributed by atoms with Crippen LogP contribution in [0.25, 0.3) is 10.9 Å². The number of hydrogen-bond acceptors (Lipinski definition) is 3. The van der Waals surface area contributed by atoms with Gasteiger partial charge >= 0.3 is 0 Å². The summed E-state index contributed by atoms with van der Waals surface area (Å²) < 4.78 is 6.14. The lowest BCUT2D eigenvalue weighted by molar-refractivity contribution is 0.164. The molecule has 1 aromatic carbocycles. The first-order chi connectivity index (χ1) is 8.83. The molecule has 0 aliphatic carbocycles. The molecule has 1 aliphatic heterocycles. The number of piperidine rings is 1. The molecule has 3 nitrogen and oxygen atoms in total. The lowest BCUT2D eigenvalue weighted by atomic mass is 10.1. The SMILES string of the molecule is Cc1ccc2nccc(OC3CCNCC3)c2c1. The molecular weight excluding hydrogens is 224 g/mol. The van der Waals surface area contributed by atoms with Gasteiger partial charge in [0.05, 0.1) is 5.52 Å². The fraction of sp³-hybridized carbons (Fsp3) is 0.400. The summed E-state index contributed by atoms with van der Waals surface area (Å²) in [7, 11) is 0. The maximum atomic E-state index is 6.14. The van der Waals surface area contributed by atoms with E-state index < -0.39 is 0 Å². The second kappa shape index (κ2) is 4.94. The number of ether oxygens (including phenoxy) is 1. The number of hydrogen-bond donors (Lipinski definition) is 1. The molecule has 1 saturated heterocycles. The van der Waals surface area contributed by atoms with Gasteiger partial charge in [-0.15, -0.1) is 0 Å². The molecule has 0 atom stereocenters. The minimum absolute atomic E-state index is 0.331. The summed E-state index contributed by atoms with van der Waals surface area (Å²) >= 11 is 0. The van der Waals surface area contributed by atoms with Gasteiger partial charge < -0.3 is 10.1 Å². The van der Waals surface area contributed by atoms with Crippen LogP contribution in [0.1, 0.15) is 18.4 Å². The van der Waals surface area contributed by atoms with E-state index in [0.717, 1.165) is 42.6 Å². The van der Waals surface area contributed by atoms with Gasteiger partial charge in [-0.25, -0.2) is 0 Å². The Balaban J connectivity index is 1.92. The first kappa shape index (κ1) is 11.5. The zero-order valence-corrected chi connectivity index (χ0v) is 10.6. The van der Waals surface area contributed by atoms with E-state index in [1.54, 1.807) is 0 Å². The predicted octanol–water partition coefficient (Wildman–Crippen LogP) is 2.67. The molecule has 3 rings (SSSR count). The summed E-state index contributed by atoms with van der Waals surface area (Å²) in [6.45, 7) is 4.19. The molecule has 2 aromatic rings. The quantitative estimate of drug-likeness (QED) is 0.879. The number of aryl methyl sites for hydroxylation is 1. The molecule has 2 heterocycles. The summed E-state index contributed by atoms with van der Waals surface area (Å²) in [6, 6.07) is 8.27. The Hall–Kier alpha value is -1.61. The van der Waals surface area contributed by atoms with Gasteiger partial charge in [0.2, 0.25) is 0 Å². The molecule has 0 radical (unpaired) electrons. The number of nitrogens with one attached hydrogen (secondary N) is 1. The normalized spacial score (nSPS) is 16.9. The summed E-state index contributed by atoms with van der Waals surface area (Å²) in [5.74, 6) is 0.968.